The van der Waals surface area contributed by atoms with Gasteiger partial charge in [0.15, 0.2) is 0 Å². The van der Waals surface area contributed by atoms with E-state index in [9.17, 15) is 17.2 Å². The van der Waals surface area contributed by atoms with Crippen molar-refractivity contribution in [1.82, 2.24) is 0 Å². The number of primary sulfonamides is 1. The molecule has 0 heterocycles. The highest BCUT2D eigenvalue weighted by Gasteiger charge is 2.43. The maximum atomic E-state index is 13.1. The molecule has 13 heavy (non-hydrogen) atoms. The zero-order valence-corrected chi connectivity index (χ0v) is 8.79. The first kappa shape index (κ1) is 12.8. The van der Waals surface area contributed by atoms with Crippen LogP contribution in [-0.2, 0) is 10.0 Å². The van der Waals surface area contributed by atoms with Crippen molar-refractivity contribution in [2.75, 3.05) is 5.75 Å². The van der Waals surface area contributed by atoms with Crippen LogP contribution in [0.25, 0.3) is 0 Å². The number of halogens is 2. The van der Waals surface area contributed by atoms with Crippen molar-refractivity contribution in [3.05, 3.63) is 0 Å². The van der Waals surface area contributed by atoms with E-state index in [1.54, 1.807) is 0 Å². The first-order chi connectivity index (χ1) is 5.46. The molecule has 0 aliphatic rings. The van der Waals surface area contributed by atoms with Crippen molar-refractivity contribution in [2.24, 2.45) is 10.6 Å². The Hall–Kier alpha value is -0.230. The number of rotatable bonds is 3. The van der Waals surface area contributed by atoms with Crippen molar-refractivity contribution in [1.29, 1.82) is 0 Å². The van der Waals surface area contributed by atoms with Gasteiger partial charge in [0.25, 0.3) is 5.92 Å². The Morgan fingerprint density at radius 3 is 1.85 bits per heavy atom. The molecule has 0 rings (SSSR count). The van der Waals surface area contributed by atoms with Crippen LogP contribution in [0, 0.1) is 5.41 Å². The van der Waals surface area contributed by atoms with Gasteiger partial charge in [-0.2, -0.15) is 0 Å². The second-order valence-corrected chi connectivity index (χ2v) is 5.81. The number of hydrogen-bond acceptors (Lipinski definition) is 2. The molecule has 0 unspecified atom stereocenters. The molecule has 0 saturated carbocycles. The highest BCUT2D eigenvalue weighted by atomic mass is 32.2. The molecular weight excluding hydrogens is 200 g/mol. The fourth-order valence-electron chi connectivity index (χ4n) is 0.645. The van der Waals surface area contributed by atoms with E-state index in [1.165, 1.54) is 20.8 Å². The lowest BCUT2D eigenvalue weighted by molar-refractivity contribution is -0.0979. The van der Waals surface area contributed by atoms with Gasteiger partial charge in [0.1, 0.15) is 0 Å². The topological polar surface area (TPSA) is 60.2 Å². The molecule has 0 fully saturated rings. The predicted octanol–water partition coefficient (Wildman–Crippen LogP) is 1.35. The van der Waals surface area contributed by atoms with Gasteiger partial charge in [-0.3, -0.25) is 0 Å². The maximum Gasteiger partial charge on any atom is 0.253 e. The summed E-state index contributed by atoms with van der Waals surface area (Å²) in [5, 5.41) is 4.62. The molecule has 0 radical (unpaired) electrons. The second-order valence-electron chi connectivity index (χ2n) is 4.07. The number of hydrogen-bond donors (Lipinski definition) is 1. The largest absolute Gasteiger partial charge is 0.253 e. The summed E-state index contributed by atoms with van der Waals surface area (Å²) < 4.78 is 47.2. The third kappa shape index (κ3) is 4.52. The Kier molecular flexibility index (Phi) is 3.43. The van der Waals surface area contributed by atoms with E-state index < -0.39 is 33.5 Å². The zero-order chi connectivity index (χ0) is 10.9. The van der Waals surface area contributed by atoms with E-state index in [1.807, 2.05) is 0 Å². The Morgan fingerprint density at radius 2 is 1.62 bits per heavy atom. The minimum absolute atomic E-state index is 0.683. The Morgan fingerprint density at radius 1 is 1.23 bits per heavy atom. The summed E-state index contributed by atoms with van der Waals surface area (Å²) >= 11 is 0. The normalized spacial score (nSPS) is 14.6. The number of nitrogens with two attached hydrogens (primary N) is 1. The van der Waals surface area contributed by atoms with Crippen molar-refractivity contribution < 1.29 is 17.2 Å². The lowest BCUT2D eigenvalue weighted by Crippen LogP contribution is -2.36. The molecule has 0 atom stereocenters. The minimum Gasteiger partial charge on any atom is -0.229 e. The van der Waals surface area contributed by atoms with Gasteiger partial charge in [-0.25, -0.2) is 22.3 Å². The number of sulfonamides is 1. The second kappa shape index (κ2) is 3.49. The van der Waals surface area contributed by atoms with E-state index in [0.717, 1.165) is 0 Å². The Bertz CT molecular complexity index is 267. The highest BCUT2D eigenvalue weighted by Crippen LogP contribution is 2.38. The maximum absolute atomic E-state index is 13.1. The van der Waals surface area contributed by atoms with Gasteiger partial charge in [-0.1, -0.05) is 20.8 Å². The quantitative estimate of drug-likeness (QED) is 0.772. The molecule has 0 bridgehead atoms. The molecule has 0 aliphatic carbocycles. The van der Waals surface area contributed by atoms with E-state index in [2.05, 4.69) is 5.14 Å². The van der Waals surface area contributed by atoms with Crippen molar-refractivity contribution in [3.63, 3.8) is 0 Å². The molecule has 0 aromatic carbocycles. The molecule has 0 saturated heterocycles. The average Bonchev–Trinajstić information content (AvgIpc) is 1.79. The van der Waals surface area contributed by atoms with Crippen LogP contribution in [0.2, 0.25) is 0 Å². The molecule has 2 N–H and O–H groups in total. The molecule has 0 aromatic rings. The molecule has 0 amide bonds. The van der Waals surface area contributed by atoms with Crippen LogP contribution in [0.4, 0.5) is 8.78 Å². The van der Waals surface area contributed by atoms with E-state index >= 15 is 0 Å². The van der Waals surface area contributed by atoms with Crippen LogP contribution in [-0.4, -0.2) is 20.1 Å². The smallest absolute Gasteiger partial charge is 0.229 e. The molecule has 0 aliphatic heterocycles. The van der Waals surface area contributed by atoms with E-state index in [0.29, 0.717) is 0 Å². The lowest BCUT2D eigenvalue weighted by Gasteiger charge is -2.29. The molecular formula is C7H15F2NO2S. The van der Waals surface area contributed by atoms with Gasteiger partial charge in [0, 0.05) is 11.8 Å². The summed E-state index contributed by atoms with van der Waals surface area (Å²) in [5.74, 6) is -3.70. The first-order valence-electron chi connectivity index (χ1n) is 3.84. The monoisotopic (exact) mass is 215 g/mol. The van der Waals surface area contributed by atoms with Gasteiger partial charge >= 0.3 is 0 Å². The summed E-state index contributed by atoms with van der Waals surface area (Å²) in [4.78, 5) is 0. The molecule has 0 aromatic heterocycles. The zero-order valence-electron chi connectivity index (χ0n) is 7.97. The van der Waals surface area contributed by atoms with Crippen molar-refractivity contribution in [3.8, 4) is 0 Å². The SMILES string of the molecule is CC(C)(C)C(F)(F)CCS(N)(=O)=O. The molecule has 0 spiro atoms. The Balaban J connectivity index is 4.38. The van der Waals surface area contributed by atoms with E-state index in [4.69, 9.17) is 0 Å². The summed E-state index contributed by atoms with van der Waals surface area (Å²) in [7, 11) is -3.80. The third-order valence-electron chi connectivity index (χ3n) is 1.80. The van der Waals surface area contributed by atoms with Gasteiger partial charge in [-0.05, 0) is 0 Å². The van der Waals surface area contributed by atoms with Crippen LogP contribution in [0.5, 0.6) is 0 Å². The Labute approximate surface area is 77.4 Å². The van der Waals surface area contributed by atoms with Gasteiger partial charge in [0.05, 0.1) is 5.75 Å². The fraction of sp³-hybridized carbons (Fsp3) is 1.00. The molecule has 6 heteroatoms. The summed E-state index contributed by atoms with van der Waals surface area (Å²) in [6.45, 7) is 4.07. The van der Waals surface area contributed by atoms with Crippen LogP contribution < -0.4 is 5.14 Å². The van der Waals surface area contributed by atoms with Crippen LogP contribution >= 0.6 is 0 Å². The van der Waals surface area contributed by atoms with Gasteiger partial charge < -0.3 is 0 Å². The molecule has 80 valence electrons. The minimum atomic E-state index is -3.80. The lowest BCUT2D eigenvalue weighted by atomic mass is 9.86. The third-order valence-corrected chi connectivity index (χ3v) is 2.57. The highest BCUT2D eigenvalue weighted by molar-refractivity contribution is 7.89. The van der Waals surface area contributed by atoms with Crippen LogP contribution in [0.15, 0.2) is 0 Å². The van der Waals surface area contributed by atoms with Crippen molar-refractivity contribution in [2.45, 2.75) is 33.1 Å². The van der Waals surface area contributed by atoms with E-state index in [-0.39, 0.29) is 0 Å². The fourth-order valence-corrected chi connectivity index (χ4v) is 1.19. The number of alkyl halides is 2. The summed E-state index contributed by atoms with van der Waals surface area (Å²) in [5.41, 5.74) is -1.24. The molecule has 3 nitrogen and oxygen atoms in total. The van der Waals surface area contributed by atoms with Crippen molar-refractivity contribution >= 4 is 10.0 Å². The predicted molar refractivity (Wildman–Crippen MR) is 47.0 cm³/mol. The van der Waals surface area contributed by atoms with Gasteiger partial charge in [0.2, 0.25) is 10.0 Å². The average molecular weight is 215 g/mol. The van der Waals surface area contributed by atoms with Crippen LogP contribution in [0.3, 0.4) is 0 Å². The van der Waals surface area contributed by atoms with Gasteiger partial charge in [-0.15, -0.1) is 0 Å². The standard InChI is InChI=1S/C7H15F2NO2S/c1-6(2,3)7(8,9)4-5-13(10,11)12/h4-5H2,1-3H3,(H2,10,11,12). The summed E-state index contributed by atoms with van der Waals surface area (Å²) in [6.07, 6.45) is -0.727. The summed E-state index contributed by atoms with van der Waals surface area (Å²) in [6, 6.07) is 0. The first-order valence-corrected chi connectivity index (χ1v) is 5.55. The van der Waals surface area contributed by atoms with Crippen LogP contribution in [0.1, 0.15) is 27.2 Å².